The molecule has 1 aromatic heterocycles. The van der Waals surface area contributed by atoms with Crippen LogP contribution in [-0.4, -0.2) is 28.8 Å². The molecule has 17 heavy (non-hydrogen) atoms. The number of carboxylic acid groups (broad SMARTS) is 1. The SMILES string of the molecule is CC(C)CC(CO)NCc1cc(C(=O)O)co1. The lowest BCUT2D eigenvalue weighted by molar-refractivity contribution is 0.0696. The normalized spacial score (nSPS) is 12.9. The molecule has 1 rings (SSSR count). The van der Waals surface area contributed by atoms with Gasteiger partial charge in [-0.1, -0.05) is 13.8 Å². The Bertz CT molecular complexity index is 359. The third-order valence-corrected chi connectivity index (χ3v) is 2.44. The maximum absolute atomic E-state index is 10.6. The predicted molar refractivity (Wildman–Crippen MR) is 62.8 cm³/mol. The highest BCUT2D eigenvalue weighted by Gasteiger charge is 2.12. The molecule has 1 atom stereocenters. The first-order valence-electron chi connectivity index (χ1n) is 5.68. The van der Waals surface area contributed by atoms with Gasteiger partial charge in [-0.25, -0.2) is 4.79 Å². The Morgan fingerprint density at radius 3 is 2.71 bits per heavy atom. The molecule has 0 bridgehead atoms. The quantitative estimate of drug-likeness (QED) is 0.673. The molecule has 1 unspecified atom stereocenters. The molecular weight excluding hydrogens is 222 g/mol. The molecule has 5 heteroatoms. The Morgan fingerprint density at radius 2 is 2.24 bits per heavy atom. The summed E-state index contributed by atoms with van der Waals surface area (Å²) in [4.78, 5) is 10.6. The Kier molecular flexibility index (Phi) is 5.18. The number of nitrogens with one attached hydrogen (secondary N) is 1. The first-order valence-corrected chi connectivity index (χ1v) is 5.68. The minimum atomic E-state index is -0.999. The first kappa shape index (κ1) is 13.7. The van der Waals surface area contributed by atoms with Gasteiger partial charge in [0.15, 0.2) is 0 Å². The zero-order valence-corrected chi connectivity index (χ0v) is 10.1. The van der Waals surface area contributed by atoms with Gasteiger partial charge in [-0.15, -0.1) is 0 Å². The summed E-state index contributed by atoms with van der Waals surface area (Å²) in [5, 5.41) is 21.0. The molecule has 5 nitrogen and oxygen atoms in total. The van der Waals surface area contributed by atoms with E-state index in [0.717, 1.165) is 6.42 Å². The number of aromatic carboxylic acids is 1. The molecule has 0 aliphatic heterocycles. The summed E-state index contributed by atoms with van der Waals surface area (Å²) in [7, 11) is 0. The first-order chi connectivity index (χ1) is 8.02. The van der Waals surface area contributed by atoms with Gasteiger partial charge in [-0.05, 0) is 18.4 Å². The zero-order chi connectivity index (χ0) is 12.8. The fourth-order valence-corrected chi connectivity index (χ4v) is 1.62. The van der Waals surface area contributed by atoms with E-state index in [9.17, 15) is 4.79 Å². The van der Waals surface area contributed by atoms with E-state index in [2.05, 4.69) is 19.2 Å². The summed E-state index contributed by atoms with van der Waals surface area (Å²) in [6.45, 7) is 4.65. The molecule has 0 aliphatic rings. The highest BCUT2D eigenvalue weighted by atomic mass is 16.4. The van der Waals surface area contributed by atoms with Crippen LogP contribution in [0.3, 0.4) is 0 Å². The fourth-order valence-electron chi connectivity index (χ4n) is 1.62. The van der Waals surface area contributed by atoms with Crippen LogP contribution in [-0.2, 0) is 6.54 Å². The van der Waals surface area contributed by atoms with E-state index in [1.165, 1.54) is 12.3 Å². The molecule has 0 aromatic carbocycles. The fraction of sp³-hybridized carbons (Fsp3) is 0.583. The highest BCUT2D eigenvalue weighted by molar-refractivity contribution is 5.87. The van der Waals surface area contributed by atoms with Gasteiger partial charge in [0.25, 0.3) is 0 Å². The molecule has 0 amide bonds. The van der Waals surface area contributed by atoms with Gasteiger partial charge < -0.3 is 19.9 Å². The van der Waals surface area contributed by atoms with Crippen molar-refractivity contribution < 1.29 is 19.4 Å². The van der Waals surface area contributed by atoms with Crippen LogP contribution in [0, 0.1) is 5.92 Å². The van der Waals surface area contributed by atoms with Crippen LogP contribution in [0.4, 0.5) is 0 Å². The van der Waals surface area contributed by atoms with Crippen LogP contribution in [0.1, 0.15) is 36.4 Å². The molecule has 0 radical (unpaired) electrons. The van der Waals surface area contributed by atoms with Crippen LogP contribution in [0.2, 0.25) is 0 Å². The van der Waals surface area contributed by atoms with Crippen molar-refractivity contribution in [2.24, 2.45) is 5.92 Å². The number of carboxylic acids is 1. The summed E-state index contributed by atoms with van der Waals surface area (Å²) in [6.07, 6.45) is 2.08. The van der Waals surface area contributed by atoms with Crippen molar-refractivity contribution in [1.82, 2.24) is 5.32 Å². The number of furan rings is 1. The minimum absolute atomic E-state index is 0.00776. The van der Waals surface area contributed by atoms with E-state index in [1.54, 1.807) is 0 Å². The molecule has 0 aliphatic carbocycles. The second-order valence-electron chi connectivity index (χ2n) is 4.50. The molecule has 0 fully saturated rings. The van der Waals surface area contributed by atoms with E-state index in [0.29, 0.717) is 18.2 Å². The molecule has 0 saturated heterocycles. The van der Waals surface area contributed by atoms with Crippen LogP contribution in [0.25, 0.3) is 0 Å². The molecule has 0 saturated carbocycles. The Balaban J connectivity index is 2.45. The van der Waals surface area contributed by atoms with Gasteiger partial charge in [0.1, 0.15) is 12.0 Å². The lowest BCUT2D eigenvalue weighted by Gasteiger charge is -2.17. The molecule has 96 valence electrons. The molecule has 1 heterocycles. The van der Waals surface area contributed by atoms with Gasteiger partial charge in [0.2, 0.25) is 0 Å². The van der Waals surface area contributed by atoms with Crippen LogP contribution >= 0.6 is 0 Å². The second-order valence-corrected chi connectivity index (χ2v) is 4.50. The van der Waals surface area contributed by atoms with Gasteiger partial charge >= 0.3 is 5.97 Å². The monoisotopic (exact) mass is 241 g/mol. The van der Waals surface area contributed by atoms with Gasteiger partial charge in [-0.3, -0.25) is 0 Å². The van der Waals surface area contributed by atoms with Crippen molar-refractivity contribution in [3.63, 3.8) is 0 Å². The van der Waals surface area contributed by atoms with E-state index in [1.807, 2.05) is 0 Å². The largest absolute Gasteiger partial charge is 0.478 e. The predicted octanol–water partition coefficient (Wildman–Crippen LogP) is 1.47. The average molecular weight is 241 g/mol. The number of hydrogen-bond donors (Lipinski definition) is 3. The van der Waals surface area contributed by atoms with Crippen molar-refractivity contribution in [3.05, 3.63) is 23.7 Å². The van der Waals surface area contributed by atoms with Crippen molar-refractivity contribution in [3.8, 4) is 0 Å². The zero-order valence-electron chi connectivity index (χ0n) is 10.1. The van der Waals surface area contributed by atoms with E-state index in [-0.39, 0.29) is 18.2 Å². The van der Waals surface area contributed by atoms with Crippen molar-refractivity contribution in [2.75, 3.05) is 6.61 Å². The van der Waals surface area contributed by atoms with Gasteiger partial charge in [0, 0.05) is 6.04 Å². The average Bonchev–Trinajstić information content (AvgIpc) is 2.72. The Labute approximate surface area is 100 Å². The summed E-state index contributed by atoms with van der Waals surface area (Å²) in [6, 6.07) is 1.49. The molecule has 3 N–H and O–H groups in total. The van der Waals surface area contributed by atoms with E-state index >= 15 is 0 Å². The number of aliphatic hydroxyl groups excluding tert-OH is 1. The Morgan fingerprint density at radius 1 is 1.53 bits per heavy atom. The molecule has 0 spiro atoms. The standard InChI is InChI=1S/C12H19NO4/c1-8(2)3-10(6-14)13-5-11-4-9(7-17-11)12(15)16/h4,7-8,10,13-14H,3,5-6H2,1-2H3,(H,15,16). The molecular formula is C12H19NO4. The maximum Gasteiger partial charge on any atom is 0.338 e. The number of carbonyl (C=O) groups is 1. The van der Waals surface area contributed by atoms with Crippen molar-refractivity contribution in [1.29, 1.82) is 0 Å². The van der Waals surface area contributed by atoms with Crippen molar-refractivity contribution >= 4 is 5.97 Å². The van der Waals surface area contributed by atoms with Gasteiger partial charge in [0.05, 0.1) is 18.7 Å². The van der Waals surface area contributed by atoms with Crippen LogP contribution in [0.5, 0.6) is 0 Å². The summed E-state index contributed by atoms with van der Waals surface area (Å²) < 4.78 is 5.10. The second kappa shape index (κ2) is 6.42. The number of aliphatic hydroxyl groups is 1. The third-order valence-electron chi connectivity index (χ3n) is 2.44. The van der Waals surface area contributed by atoms with E-state index < -0.39 is 5.97 Å². The topological polar surface area (TPSA) is 82.7 Å². The highest BCUT2D eigenvalue weighted by Crippen LogP contribution is 2.09. The van der Waals surface area contributed by atoms with Crippen molar-refractivity contribution in [2.45, 2.75) is 32.9 Å². The third kappa shape index (κ3) is 4.58. The summed E-state index contributed by atoms with van der Waals surface area (Å²) >= 11 is 0. The Hall–Kier alpha value is -1.33. The van der Waals surface area contributed by atoms with Gasteiger partial charge in [-0.2, -0.15) is 0 Å². The number of rotatable bonds is 7. The smallest absolute Gasteiger partial charge is 0.338 e. The number of hydrogen-bond acceptors (Lipinski definition) is 4. The minimum Gasteiger partial charge on any atom is -0.478 e. The lowest BCUT2D eigenvalue weighted by Crippen LogP contribution is -2.33. The summed E-state index contributed by atoms with van der Waals surface area (Å²) in [5.74, 6) is 0.0522. The summed E-state index contributed by atoms with van der Waals surface area (Å²) in [5.41, 5.74) is 0.145. The molecule has 1 aromatic rings. The van der Waals surface area contributed by atoms with Crippen LogP contribution in [0.15, 0.2) is 16.7 Å². The van der Waals surface area contributed by atoms with Crippen LogP contribution < -0.4 is 5.32 Å². The maximum atomic E-state index is 10.6. The lowest BCUT2D eigenvalue weighted by atomic mass is 10.0. The van der Waals surface area contributed by atoms with E-state index in [4.69, 9.17) is 14.6 Å².